The molecule has 98 valence electrons. The Morgan fingerprint density at radius 1 is 1.39 bits per heavy atom. The van der Waals surface area contributed by atoms with Gasteiger partial charge in [0.05, 0.1) is 7.11 Å². The van der Waals surface area contributed by atoms with Gasteiger partial charge in [-0.1, -0.05) is 17.7 Å². The second kappa shape index (κ2) is 6.66. The first kappa shape index (κ1) is 13.2. The fraction of sp³-hybridized carbons (Fsp3) is 0.429. The number of nitrogens with one attached hydrogen (secondary N) is 1. The van der Waals surface area contributed by atoms with E-state index in [0.29, 0.717) is 12.6 Å². The van der Waals surface area contributed by atoms with Gasteiger partial charge in [0.1, 0.15) is 6.61 Å². The second-order valence-corrected chi connectivity index (χ2v) is 4.57. The van der Waals surface area contributed by atoms with E-state index in [1.807, 2.05) is 12.1 Å². The van der Waals surface area contributed by atoms with E-state index in [4.69, 9.17) is 21.1 Å². The molecule has 1 N–H and O–H groups in total. The van der Waals surface area contributed by atoms with Gasteiger partial charge in [-0.3, -0.25) is 0 Å². The van der Waals surface area contributed by atoms with Crippen molar-refractivity contribution in [2.24, 2.45) is 0 Å². The smallest absolute Gasteiger partial charge is 0.161 e. The van der Waals surface area contributed by atoms with Crippen molar-refractivity contribution in [2.45, 2.75) is 25.4 Å². The molecule has 4 heteroatoms. The standard InChI is InChI=1S/C14H18ClNO2/c1-17-13-6-3-11(10-16-12-4-5-12)9-14(13)18-8-2-7-15/h2-3,6-7,9,12,16H,4-5,8,10H2,1H3/b7-2+. The van der Waals surface area contributed by atoms with Crippen molar-refractivity contribution in [2.75, 3.05) is 13.7 Å². The van der Waals surface area contributed by atoms with Crippen molar-refractivity contribution >= 4 is 11.6 Å². The molecule has 1 aliphatic rings. The normalized spacial score (nSPS) is 15.0. The lowest BCUT2D eigenvalue weighted by Crippen LogP contribution is -2.15. The van der Waals surface area contributed by atoms with Gasteiger partial charge in [0.25, 0.3) is 0 Å². The van der Waals surface area contributed by atoms with E-state index in [0.717, 1.165) is 18.0 Å². The van der Waals surface area contributed by atoms with Crippen molar-refractivity contribution in [3.8, 4) is 11.5 Å². The minimum absolute atomic E-state index is 0.444. The zero-order chi connectivity index (χ0) is 12.8. The molecule has 0 bridgehead atoms. The van der Waals surface area contributed by atoms with Crippen molar-refractivity contribution in [3.63, 3.8) is 0 Å². The van der Waals surface area contributed by atoms with Crippen LogP contribution in [0, 0.1) is 0 Å². The highest BCUT2D eigenvalue weighted by atomic mass is 35.5. The molecule has 0 spiro atoms. The third kappa shape index (κ3) is 3.93. The van der Waals surface area contributed by atoms with Gasteiger partial charge in [-0.05, 0) is 36.6 Å². The van der Waals surface area contributed by atoms with Crippen LogP contribution in [0.2, 0.25) is 0 Å². The summed E-state index contributed by atoms with van der Waals surface area (Å²) in [4.78, 5) is 0. The molecule has 1 aromatic carbocycles. The van der Waals surface area contributed by atoms with Crippen LogP contribution in [0.4, 0.5) is 0 Å². The minimum Gasteiger partial charge on any atom is -0.493 e. The van der Waals surface area contributed by atoms with Crippen LogP contribution < -0.4 is 14.8 Å². The quantitative estimate of drug-likeness (QED) is 0.824. The summed E-state index contributed by atoms with van der Waals surface area (Å²) < 4.78 is 10.9. The molecule has 1 saturated carbocycles. The first-order valence-corrected chi connectivity index (χ1v) is 6.55. The Morgan fingerprint density at radius 2 is 2.22 bits per heavy atom. The molecule has 0 amide bonds. The molecule has 1 aliphatic carbocycles. The molecule has 2 rings (SSSR count). The molecule has 1 fully saturated rings. The number of ether oxygens (including phenoxy) is 2. The molecule has 0 unspecified atom stereocenters. The second-order valence-electron chi connectivity index (χ2n) is 4.31. The van der Waals surface area contributed by atoms with Crippen LogP contribution in [0.3, 0.4) is 0 Å². The van der Waals surface area contributed by atoms with Gasteiger partial charge in [-0.25, -0.2) is 0 Å². The lowest BCUT2D eigenvalue weighted by molar-refractivity contribution is 0.326. The van der Waals surface area contributed by atoms with Crippen molar-refractivity contribution in [3.05, 3.63) is 35.4 Å². The molecule has 0 saturated heterocycles. The molecule has 0 atom stereocenters. The molecular formula is C14H18ClNO2. The highest BCUT2D eigenvalue weighted by Crippen LogP contribution is 2.28. The molecule has 0 radical (unpaired) electrons. The number of halogens is 1. The Labute approximate surface area is 113 Å². The van der Waals surface area contributed by atoms with Crippen molar-refractivity contribution in [1.29, 1.82) is 0 Å². The number of hydrogen-bond acceptors (Lipinski definition) is 3. The zero-order valence-corrected chi connectivity index (χ0v) is 11.2. The molecule has 0 heterocycles. The highest BCUT2D eigenvalue weighted by Gasteiger charge is 2.20. The fourth-order valence-corrected chi connectivity index (χ4v) is 1.74. The van der Waals surface area contributed by atoms with Crippen LogP contribution in [0.1, 0.15) is 18.4 Å². The highest BCUT2D eigenvalue weighted by molar-refractivity contribution is 6.25. The Hall–Kier alpha value is -1.19. The monoisotopic (exact) mass is 267 g/mol. The van der Waals surface area contributed by atoms with E-state index < -0.39 is 0 Å². The third-order valence-electron chi connectivity index (χ3n) is 2.82. The maximum Gasteiger partial charge on any atom is 0.161 e. The third-order valence-corrected chi connectivity index (χ3v) is 3.00. The van der Waals surface area contributed by atoms with E-state index in [1.54, 1.807) is 13.2 Å². The molecular weight excluding hydrogens is 250 g/mol. The van der Waals surface area contributed by atoms with E-state index in [2.05, 4.69) is 11.4 Å². The average Bonchev–Trinajstić information content (AvgIpc) is 3.21. The first-order chi connectivity index (χ1) is 8.83. The van der Waals surface area contributed by atoms with Crippen molar-refractivity contribution < 1.29 is 9.47 Å². The summed E-state index contributed by atoms with van der Waals surface area (Å²) in [6.07, 6.45) is 4.33. The Bertz CT molecular complexity index is 416. The average molecular weight is 268 g/mol. The predicted molar refractivity (Wildman–Crippen MR) is 73.3 cm³/mol. The van der Waals surface area contributed by atoms with Gasteiger partial charge in [0, 0.05) is 18.1 Å². The number of methoxy groups -OCH3 is 1. The summed E-state index contributed by atoms with van der Waals surface area (Å²) >= 11 is 5.46. The Morgan fingerprint density at radius 3 is 2.89 bits per heavy atom. The minimum atomic E-state index is 0.444. The molecule has 18 heavy (non-hydrogen) atoms. The zero-order valence-electron chi connectivity index (χ0n) is 10.5. The fourth-order valence-electron chi connectivity index (χ4n) is 1.67. The van der Waals surface area contributed by atoms with Crippen LogP contribution in [0.5, 0.6) is 11.5 Å². The van der Waals surface area contributed by atoms with Gasteiger partial charge < -0.3 is 14.8 Å². The summed E-state index contributed by atoms with van der Waals surface area (Å²) in [6.45, 7) is 1.32. The van der Waals surface area contributed by atoms with Crippen LogP contribution >= 0.6 is 11.6 Å². The van der Waals surface area contributed by atoms with Gasteiger partial charge in [0.15, 0.2) is 11.5 Å². The lowest BCUT2D eigenvalue weighted by Gasteiger charge is -2.11. The maximum atomic E-state index is 5.61. The van der Waals surface area contributed by atoms with Crippen LogP contribution in [0.15, 0.2) is 29.8 Å². The predicted octanol–water partition coefficient (Wildman–Crippen LogP) is 3.08. The number of benzene rings is 1. The van der Waals surface area contributed by atoms with E-state index in [9.17, 15) is 0 Å². The molecule has 0 aliphatic heterocycles. The molecule has 3 nitrogen and oxygen atoms in total. The van der Waals surface area contributed by atoms with Gasteiger partial charge in [-0.15, -0.1) is 0 Å². The summed E-state index contributed by atoms with van der Waals surface area (Å²) in [5.41, 5.74) is 2.65. The Balaban J connectivity index is 1.99. The van der Waals surface area contributed by atoms with Crippen LogP contribution in [0.25, 0.3) is 0 Å². The summed E-state index contributed by atoms with van der Waals surface area (Å²) in [7, 11) is 1.64. The Kier molecular flexibility index (Phi) is 4.90. The topological polar surface area (TPSA) is 30.5 Å². The lowest BCUT2D eigenvalue weighted by atomic mass is 10.2. The summed E-state index contributed by atoms with van der Waals surface area (Å²) in [6, 6.07) is 6.70. The van der Waals surface area contributed by atoms with Gasteiger partial charge in [-0.2, -0.15) is 0 Å². The molecule has 0 aromatic heterocycles. The van der Waals surface area contributed by atoms with E-state index >= 15 is 0 Å². The maximum absolute atomic E-state index is 5.61. The summed E-state index contributed by atoms with van der Waals surface area (Å²) in [5, 5.41) is 3.47. The van der Waals surface area contributed by atoms with Crippen molar-refractivity contribution in [1.82, 2.24) is 5.32 Å². The first-order valence-electron chi connectivity index (χ1n) is 6.12. The van der Waals surface area contributed by atoms with E-state index in [-0.39, 0.29) is 0 Å². The largest absolute Gasteiger partial charge is 0.493 e. The van der Waals surface area contributed by atoms with Gasteiger partial charge in [0.2, 0.25) is 0 Å². The van der Waals surface area contributed by atoms with Crippen LogP contribution in [-0.4, -0.2) is 19.8 Å². The molecule has 1 aromatic rings. The number of hydrogen-bond donors (Lipinski definition) is 1. The van der Waals surface area contributed by atoms with Gasteiger partial charge >= 0.3 is 0 Å². The van der Waals surface area contributed by atoms with Crippen LogP contribution in [-0.2, 0) is 6.54 Å². The number of rotatable bonds is 7. The SMILES string of the molecule is COc1ccc(CNC2CC2)cc1OC/C=C/Cl. The van der Waals surface area contributed by atoms with E-state index in [1.165, 1.54) is 23.9 Å². The summed E-state index contributed by atoms with van der Waals surface area (Å²) in [5.74, 6) is 1.50.